The third-order valence-corrected chi connectivity index (χ3v) is 6.94. The molecule has 2 unspecified atom stereocenters. The van der Waals surface area contributed by atoms with E-state index in [2.05, 4.69) is 36.6 Å². The van der Waals surface area contributed by atoms with Gasteiger partial charge in [0.1, 0.15) is 5.69 Å². The van der Waals surface area contributed by atoms with Crippen LogP contribution in [0.1, 0.15) is 17.2 Å². The highest BCUT2D eigenvalue weighted by atomic mass is 79.9. The maximum atomic E-state index is 14.0. The van der Waals surface area contributed by atoms with Crippen LogP contribution in [0.4, 0.5) is 19.4 Å². The number of ether oxygens (including phenoxy) is 2. The van der Waals surface area contributed by atoms with Crippen molar-refractivity contribution in [3.63, 3.8) is 0 Å². The van der Waals surface area contributed by atoms with E-state index in [1.54, 1.807) is 25.0 Å². The number of nitrogens with one attached hydrogen (secondary N) is 2. The van der Waals surface area contributed by atoms with E-state index in [4.69, 9.17) is 9.47 Å². The number of rotatable bonds is 9. The summed E-state index contributed by atoms with van der Waals surface area (Å²) in [7, 11) is 3.19. The van der Waals surface area contributed by atoms with Crippen LogP contribution in [0.2, 0.25) is 0 Å². The molecule has 11 heteroatoms. The number of nitrogens with zero attached hydrogens (tertiary/aromatic N) is 3. The van der Waals surface area contributed by atoms with Gasteiger partial charge < -0.3 is 14.8 Å². The molecule has 0 aliphatic carbocycles. The predicted molar refractivity (Wildman–Crippen MR) is 135 cm³/mol. The van der Waals surface area contributed by atoms with Gasteiger partial charge in [-0.05, 0) is 45.8 Å². The number of halogens is 3. The Bertz CT molecular complexity index is 1190. The number of anilines is 1. The maximum Gasteiger partial charge on any atom is 0.320 e. The fraction of sp³-hybridized carbons (Fsp3) is 0.360. The molecule has 3 aromatic rings. The lowest BCUT2D eigenvalue weighted by atomic mass is 9.94. The molecule has 0 radical (unpaired) electrons. The van der Waals surface area contributed by atoms with Gasteiger partial charge in [0.15, 0.2) is 17.5 Å². The molecular formula is C25H28BrF2N5O3. The molecule has 2 N–H and O–H groups in total. The van der Waals surface area contributed by atoms with E-state index in [1.807, 2.05) is 30.3 Å². The van der Waals surface area contributed by atoms with Crippen LogP contribution in [0.15, 0.2) is 53.0 Å². The number of methoxy groups -OCH3 is 2. The van der Waals surface area contributed by atoms with Crippen LogP contribution in [0.25, 0.3) is 5.69 Å². The summed E-state index contributed by atoms with van der Waals surface area (Å²) in [6.07, 6.45) is 0. The second-order valence-corrected chi connectivity index (χ2v) is 9.32. The van der Waals surface area contributed by atoms with Gasteiger partial charge in [0.25, 0.3) is 0 Å². The highest BCUT2D eigenvalue weighted by Gasteiger charge is 2.35. The third-order valence-electron chi connectivity index (χ3n) is 6.10. The van der Waals surface area contributed by atoms with Gasteiger partial charge in [-0.25, -0.2) is 18.3 Å². The van der Waals surface area contributed by atoms with Gasteiger partial charge in [-0.2, -0.15) is 5.10 Å². The van der Waals surface area contributed by atoms with Crippen molar-refractivity contribution in [2.75, 3.05) is 45.8 Å². The van der Waals surface area contributed by atoms with Gasteiger partial charge in [0.2, 0.25) is 0 Å². The standard InChI is InChI=1S/C25H28BrF2N5O3/c1-35-11-10-32-13-18(16-8-9-19(27)20(28)12-16)21(14-32)29-25(34)30-24-23(26)22(15-36-2)31-33(24)17-6-4-3-5-7-17/h3-9,12,18,21H,10-11,13-15H2,1-2H3,(H2,29,30,34). The minimum atomic E-state index is -0.910. The van der Waals surface area contributed by atoms with Gasteiger partial charge in [0.05, 0.1) is 29.4 Å². The highest BCUT2D eigenvalue weighted by molar-refractivity contribution is 9.10. The average molecular weight is 564 g/mol. The summed E-state index contributed by atoms with van der Waals surface area (Å²) in [6, 6.07) is 12.5. The summed E-state index contributed by atoms with van der Waals surface area (Å²) in [5.74, 6) is -1.59. The van der Waals surface area contributed by atoms with Crippen molar-refractivity contribution in [3.05, 3.63) is 75.9 Å². The van der Waals surface area contributed by atoms with Gasteiger partial charge >= 0.3 is 6.03 Å². The van der Waals surface area contributed by atoms with Crippen LogP contribution in [0.3, 0.4) is 0 Å². The largest absolute Gasteiger partial charge is 0.383 e. The first-order valence-electron chi connectivity index (χ1n) is 11.5. The summed E-state index contributed by atoms with van der Waals surface area (Å²) < 4.78 is 40.2. The lowest BCUT2D eigenvalue weighted by Crippen LogP contribution is -2.42. The van der Waals surface area contributed by atoms with Crippen LogP contribution in [0.5, 0.6) is 0 Å². The molecule has 1 aliphatic rings. The van der Waals surface area contributed by atoms with Crippen LogP contribution >= 0.6 is 15.9 Å². The molecule has 1 aromatic heterocycles. The summed E-state index contributed by atoms with van der Waals surface area (Å²) in [4.78, 5) is 15.3. The molecule has 192 valence electrons. The van der Waals surface area contributed by atoms with Crippen molar-refractivity contribution in [1.29, 1.82) is 0 Å². The van der Waals surface area contributed by atoms with E-state index in [9.17, 15) is 13.6 Å². The number of likely N-dealkylation sites (tertiary alicyclic amines) is 1. The Morgan fingerprint density at radius 2 is 1.89 bits per heavy atom. The van der Waals surface area contributed by atoms with Gasteiger partial charge in [-0.3, -0.25) is 10.2 Å². The Balaban J connectivity index is 1.56. The van der Waals surface area contributed by atoms with Crippen molar-refractivity contribution in [3.8, 4) is 5.69 Å². The molecule has 0 saturated carbocycles. The molecule has 2 atom stereocenters. The average Bonchev–Trinajstić information content (AvgIpc) is 3.41. The summed E-state index contributed by atoms with van der Waals surface area (Å²) in [5.41, 5.74) is 2.02. The lowest BCUT2D eigenvalue weighted by Gasteiger charge is -2.21. The quantitative estimate of drug-likeness (QED) is 0.406. The fourth-order valence-electron chi connectivity index (χ4n) is 4.36. The SMILES string of the molecule is COCCN1CC(NC(=O)Nc2c(Br)c(COC)nn2-c2ccccc2)C(c2ccc(F)c(F)c2)C1. The first-order chi connectivity index (χ1) is 17.4. The molecule has 0 spiro atoms. The van der Waals surface area contributed by atoms with Crippen molar-refractivity contribution in [1.82, 2.24) is 20.0 Å². The second-order valence-electron chi connectivity index (χ2n) is 8.53. The molecule has 1 fully saturated rings. The fourth-order valence-corrected chi connectivity index (χ4v) is 4.83. The smallest absolute Gasteiger partial charge is 0.320 e. The first kappa shape index (κ1) is 26.2. The van der Waals surface area contributed by atoms with Crippen LogP contribution < -0.4 is 10.6 Å². The molecular weight excluding hydrogens is 536 g/mol. The second kappa shape index (κ2) is 11.9. The molecule has 8 nitrogen and oxygen atoms in total. The van der Waals surface area contributed by atoms with Gasteiger partial charge in [-0.15, -0.1) is 0 Å². The number of benzene rings is 2. The maximum absolute atomic E-state index is 14.0. The Morgan fingerprint density at radius 3 is 2.58 bits per heavy atom. The molecule has 2 aromatic carbocycles. The Labute approximate surface area is 216 Å². The van der Waals surface area contributed by atoms with E-state index in [-0.39, 0.29) is 18.6 Å². The number of amides is 2. The van der Waals surface area contributed by atoms with E-state index < -0.39 is 17.7 Å². The van der Waals surface area contributed by atoms with E-state index >= 15 is 0 Å². The molecule has 36 heavy (non-hydrogen) atoms. The first-order valence-corrected chi connectivity index (χ1v) is 12.3. The molecule has 1 saturated heterocycles. The summed E-state index contributed by atoms with van der Waals surface area (Å²) >= 11 is 3.54. The van der Waals surface area contributed by atoms with Crippen LogP contribution in [-0.2, 0) is 16.1 Å². The number of hydrogen-bond acceptors (Lipinski definition) is 5. The monoisotopic (exact) mass is 563 g/mol. The Hall–Kier alpha value is -2.86. The predicted octanol–water partition coefficient (Wildman–Crippen LogP) is 4.30. The zero-order valence-electron chi connectivity index (χ0n) is 20.0. The molecule has 1 aliphatic heterocycles. The zero-order valence-corrected chi connectivity index (χ0v) is 21.6. The molecule has 0 bridgehead atoms. The number of aromatic nitrogens is 2. The summed E-state index contributed by atoms with van der Waals surface area (Å²) in [5, 5.41) is 10.5. The zero-order chi connectivity index (χ0) is 25.7. The Morgan fingerprint density at radius 1 is 1.11 bits per heavy atom. The van der Waals surface area contributed by atoms with E-state index in [0.717, 1.165) is 11.8 Å². The van der Waals surface area contributed by atoms with Crippen molar-refractivity contribution < 1.29 is 23.0 Å². The molecule has 2 amide bonds. The minimum Gasteiger partial charge on any atom is -0.383 e. The normalized spacial score (nSPS) is 17.9. The number of carbonyl (C=O) groups is 1. The molecule has 4 rings (SSSR count). The van der Waals surface area contributed by atoms with Crippen molar-refractivity contribution in [2.24, 2.45) is 0 Å². The third kappa shape index (κ3) is 5.92. The Kier molecular flexibility index (Phi) is 8.68. The topological polar surface area (TPSA) is 80.7 Å². The van der Waals surface area contributed by atoms with E-state index in [1.165, 1.54) is 6.07 Å². The number of hydrogen-bond donors (Lipinski definition) is 2. The van der Waals surface area contributed by atoms with E-state index in [0.29, 0.717) is 47.8 Å². The van der Waals surface area contributed by atoms with Crippen LogP contribution in [-0.4, -0.2) is 67.2 Å². The number of carbonyl (C=O) groups excluding carboxylic acids is 1. The minimum absolute atomic E-state index is 0.228. The molecule has 2 heterocycles. The number of urea groups is 1. The van der Waals surface area contributed by atoms with Crippen molar-refractivity contribution >= 4 is 27.8 Å². The summed E-state index contributed by atoms with van der Waals surface area (Å²) in [6.45, 7) is 2.54. The van der Waals surface area contributed by atoms with Gasteiger partial charge in [-0.1, -0.05) is 24.3 Å². The van der Waals surface area contributed by atoms with Crippen LogP contribution in [0, 0.1) is 11.6 Å². The van der Waals surface area contributed by atoms with Gasteiger partial charge in [0, 0.05) is 39.8 Å². The lowest BCUT2D eigenvalue weighted by molar-refractivity contribution is 0.159. The van der Waals surface area contributed by atoms with Crippen molar-refractivity contribution in [2.45, 2.75) is 18.6 Å². The number of para-hydroxylation sites is 1. The highest BCUT2D eigenvalue weighted by Crippen LogP contribution is 2.31.